The quantitative estimate of drug-likeness (QED) is 0.390. The van der Waals surface area contributed by atoms with Crippen LogP contribution in [0.2, 0.25) is 0 Å². The van der Waals surface area contributed by atoms with Crippen LogP contribution < -0.4 is 15.8 Å². The fourth-order valence-electron chi connectivity index (χ4n) is 4.16. The van der Waals surface area contributed by atoms with Crippen molar-refractivity contribution in [1.29, 1.82) is 0 Å². The molecule has 1 aliphatic heterocycles. The summed E-state index contributed by atoms with van der Waals surface area (Å²) in [5.74, 6) is -0.737. The number of piperazine rings is 1. The van der Waals surface area contributed by atoms with Crippen molar-refractivity contribution in [3.8, 4) is 0 Å². The van der Waals surface area contributed by atoms with Gasteiger partial charge >= 0.3 is 0 Å². The van der Waals surface area contributed by atoms with Crippen molar-refractivity contribution in [2.75, 3.05) is 36.4 Å². The maximum absolute atomic E-state index is 13.9. The number of anilines is 2. The van der Waals surface area contributed by atoms with Crippen molar-refractivity contribution in [1.82, 2.24) is 23.8 Å². The predicted octanol–water partition coefficient (Wildman–Crippen LogP) is 1.85. The van der Waals surface area contributed by atoms with E-state index >= 15 is 0 Å². The third-order valence-corrected chi connectivity index (χ3v) is 9.15. The molecule has 37 heavy (non-hydrogen) atoms. The van der Waals surface area contributed by atoms with Crippen molar-refractivity contribution in [3.05, 3.63) is 70.1 Å². The van der Waals surface area contributed by atoms with Crippen molar-refractivity contribution in [2.45, 2.75) is 18.4 Å². The van der Waals surface area contributed by atoms with Crippen LogP contribution in [0, 0.1) is 12.7 Å². The number of benzene rings is 1. The lowest BCUT2D eigenvalue weighted by atomic mass is 10.3. The highest BCUT2D eigenvalue weighted by Crippen LogP contribution is 2.33. The van der Waals surface area contributed by atoms with Crippen molar-refractivity contribution < 1.29 is 17.6 Å². The largest absolute Gasteiger partial charge is 0.338 e. The van der Waals surface area contributed by atoms with Crippen molar-refractivity contribution in [2.24, 2.45) is 0 Å². The van der Waals surface area contributed by atoms with E-state index in [-0.39, 0.29) is 33.9 Å². The molecule has 0 saturated carbocycles. The Kier molecular flexibility index (Phi) is 6.70. The molecular weight excluding hydrogens is 521 g/mol. The van der Waals surface area contributed by atoms with Gasteiger partial charge in [-0.15, -0.1) is 11.3 Å². The molecule has 4 heterocycles. The first kappa shape index (κ1) is 24.9. The van der Waals surface area contributed by atoms with Crippen LogP contribution in [0.4, 0.5) is 16.0 Å². The van der Waals surface area contributed by atoms with Gasteiger partial charge in [0.05, 0.1) is 17.4 Å². The normalized spacial score (nSPS) is 14.7. The van der Waals surface area contributed by atoms with Gasteiger partial charge in [-0.25, -0.2) is 27.8 Å². The standard InChI is InChI=1S/C23H22FN7O4S2/c1-15-20(37(34,35)31-11-9-29(10-12-31)23-25-7-4-8-26-23)19-21(36-15)27-14-30(22(19)33)13-18(32)28-17-6-3-2-5-16(17)24/h2-8,14H,9-13H2,1H3,(H,28,32). The number of rotatable bonds is 6. The summed E-state index contributed by atoms with van der Waals surface area (Å²) in [7, 11) is -4.03. The fraction of sp³-hybridized carbons (Fsp3) is 0.261. The Morgan fingerprint density at radius 3 is 2.49 bits per heavy atom. The molecule has 192 valence electrons. The molecule has 11 nitrogen and oxygen atoms in total. The minimum atomic E-state index is -4.03. The molecule has 0 unspecified atom stereocenters. The van der Waals surface area contributed by atoms with Gasteiger partial charge in [-0.05, 0) is 25.1 Å². The molecule has 0 bridgehead atoms. The number of amides is 1. The molecule has 1 amide bonds. The highest BCUT2D eigenvalue weighted by molar-refractivity contribution is 7.89. The monoisotopic (exact) mass is 543 g/mol. The number of carbonyl (C=O) groups is 1. The third-order valence-electron chi connectivity index (χ3n) is 5.93. The predicted molar refractivity (Wildman–Crippen MR) is 137 cm³/mol. The first-order valence-electron chi connectivity index (χ1n) is 11.3. The molecule has 4 aromatic rings. The van der Waals surface area contributed by atoms with Crippen LogP contribution in [-0.4, -0.2) is 64.3 Å². The Morgan fingerprint density at radius 1 is 1.08 bits per heavy atom. The molecule has 1 fully saturated rings. The Balaban J connectivity index is 1.41. The SMILES string of the molecule is Cc1sc2ncn(CC(=O)Nc3ccccc3F)c(=O)c2c1S(=O)(=O)N1CCN(c2ncccn2)CC1. The van der Waals surface area contributed by atoms with Crippen LogP contribution >= 0.6 is 11.3 Å². The van der Waals surface area contributed by atoms with Crippen LogP contribution in [0.15, 0.2) is 58.7 Å². The van der Waals surface area contributed by atoms with Crippen LogP contribution in [-0.2, 0) is 21.4 Å². The smallest absolute Gasteiger partial charge is 0.263 e. The van der Waals surface area contributed by atoms with E-state index in [0.29, 0.717) is 23.9 Å². The van der Waals surface area contributed by atoms with Crippen LogP contribution in [0.25, 0.3) is 10.2 Å². The number of thiophene rings is 1. The molecule has 3 aromatic heterocycles. The molecular formula is C23H22FN7O4S2. The van der Waals surface area contributed by atoms with Gasteiger partial charge in [0.1, 0.15) is 22.1 Å². The molecule has 1 saturated heterocycles. The second-order valence-corrected chi connectivity index (χ2v) is 11.4. The number of carbonyl (C=O) groups excluding carboxylic acids is 1. The van der Waals surface area contributed by atoms with E-state index in [1.54, 1.807) is 31.5 Å². The van der Waals surface area contributed by atoms with E-state index < -0.39 is 33.9 Å². The third kappa shape index (κ3) is 4.82. The molecule has 5 rings (SSSR count). The van der Waals surface area contributed by atoms with Gasteiger partial charge in [-0.3, -0.25) is 14.2 Å². The number of aromatic nitrogens is 4. The number of hydrogen-bond donors (Lipinski definition) is 1. The van der Waals surface area contributed by atoms with Crippen molar-refractivity contribution in [3.63, 3.8) is 0 Å². The molecule has 14 heteroatoms. The molecule has 1 aliphatic rings. The minimum Gasteiger partial charge on any atom is -0.338 e. The van der Waals surface area contributed by atoms with E-state index in [9.17, 15) is 22.4 Å². The Morgan fingerprint density at radius 2 is 1.78 bits per heavy atom. The van der Waals surface area contributed by atoms with Crippen molar-refractivity contribution >= 4 is 49.1 Å². The zero-order valence-electron chi connectivity index (χ0n) is 19.7. The lowest BCUT2D eigenvalue weighted by molar-refractivity contribution is -0.116. The minimum absolute atomic E-state index is 0.0238. The van der Waals surface area contributed by atoms with E-state index in [2.05, 4.69) is 20.3 Å². The number of hydrogen-bond acceptors (Lipinski definition) is 9. The number of aryl methyl sites for hydroxylation is 1. The van der Waals surface area contributed by atoms with Crippen LogP contribution in [0.5, 0.6) is 0 Å². The zero-order chi connectivity index (χ0) is 26.2. The molecule has 0 spiro atoms. The summed E-state index contributed by atoms with van der Waals surface area (Å²) in [6, 6.07) is 7.36. The molecule has 0 atom stereocenters. The number of sulfonamides is 1. The first-order chi connectivity index (χ1) is 17.8. The van der Waals surface area contributed by atoms with Gasteiger partial charge in [-0.2, -0.15) is 4.31 Å². The summed E-state index contributed by atoms with van der Waals surface area (Å²) in [6.07, 6.45) is 4.44. The average Bonchev–Trinajstić information content (AvgIpc) is 3.25. The van der Waals surface area contributed by atoms with E-state index in [1.807, 2.05) is 4.90 Å². The van der Waals surface area contributed by atoms with E-state index in [4.69, 9.17) is 0 Å². The van der Waals surface area contributed by atoms with Gasteiger partial charge in [0.15, 0.2) is 0 Å². The highest BCUT2D eigenvalue weighted by Gasteiger charge is 2.34. The summed E-state index contributed by atoms with van der Waals surface area (Å²) < 4.78 is 43.6. The second-order valence-electron chi connectivity index (χ2n) is 8.31. The molecule has 0 aliphatic carbocycles. The maximum atomic E-state index is 13.9. The maximum Gasteiger partial charge on any atom is 0.263 e. The summed E-state index contributed by atoms with van der Waals surface area (Å²) >= 11 is 1.10. The number of fused-ring (bicyclic) bond motifs is 1. The number of para-hydroxylation sites is 1. The number of nitrogens with zero attached hydrogens (tertiary/aromatic N) is 6. The lowest BCUT2D eigenvalue weighted by Crippen LogP contribution is -2.49. The van der Waals surface area contributed by atoms with Gasteiger partial charge in [0, 0.05) is 43.4 Å². The second kappa shape index (κ2) is 9.95. The van der Waals surface area contributed by atoms with Gasteiger partial charge in [0.25, 0.3) is 5.56 Å². The Labute approximate surface area is 215 Å². The average molecular weight is 544 g/mol. The number of halogens is 1. The first-order valence-corrected chi connectivity index (χ1v) is 13.6. The summed E-state index contributed by atoms with van der Waals surface area (Å²) in [4.78, 5) is 41.0. The molecule has 0 radical (unpaired) electrons. The van der Waals surface area contributed by atoms with E-state index in [1.165, 1.54) is 28.8 Å². The topological polar surface area (TPSA) is 130 Å². The Hall–Kier alpha value is -3.75. The summed E-state index contributed by atoms with van der Waals surface area (Å²) in [6.45, 7) is 2.34. The fourth-order valence-corrected chi connectivity index (χ4v) is 7.24. The molecule has 1 N–H and O–H groups in total. The number of nitrogens with one attached hydrogen (secondary N) is 1. The zero-order valence-corrected chi connectivity index (χ0v) is 21.3. The van der Waals surface area contributed by atoms with E-state index in [0.717, 1.165) is 15.9 Å². The highest BCUT2D eigenvalue weighted by atomic mass is 32.2. The Bertz CT molecular complexity index is 1630. The van der Waals surface area contributed by atoms with Crippen LogP contribution in [0.3, 0.4) is 0 Å². The van der Waals surface area contributed by atoms with Gasteiger partial charge in [-0.1, -0.05) is 12.1 Å². The van der Waals surface area contributed by atoms with Crippen LogP contribution in [0.1, 0.15) is 4.88 Å². The van der Waals surface area contributed by atoms with Gasteiger partial charge in [0.2, 0.25) is 21.9 Å². The lowest BCUT2D eigenvalue weighted by Gasteiger charge is -2.33. The molecule has 1 aromatic carbocycles. The summed E-state index contributed by atoms with van der Waals surface area (Å²) in [5, 5.41) is 2.36. The summed E-state index contributed by atoms with van der Waals surface area (Å²) in [5.41, 5.74) is -0.683. The van der Waals surface area contributed by atoms with Gasteiger partial charge < -0.3 is 10.2 Å².